The van der Waals surface area contributed by atoms with Crippen molar-refractivity contribution in [3.8, 4) is 0 Å². The molecular weight excluding hydrogens is 268 g/mol. The van der Waals surface area contributed by atoms with Crippen LogP contribution in [0.1, 0.15) is 24.0 Å². The highest BCUT2D eigenvalue weighted by Gasteiger charge is 2.19. The molecule has 3 aromatic rings. The molecule has 1 unspecified atom stereocenters. The highest BCUT2D eigenvalue weighted by atomic mass is 16.3. The molecule has 0 aliphatic rings. The number of hydrogen-bond acceptors (Lipinski definition) is 5. The molecule has 0 spiro atoms. The van der Waals surface area contributed by atoms with E-state index in [-0.39, 0.29) is 6.04 Å². The second-order valence-corrected chi connectivity index (χ2v) is 4.82. The van der Waals surface area contributed by atoms with E-state index in [0.29, 0.717) is 0 Å². The molecule has 0 bridgehead atoms. The lowest BCUT2D eigenvalue weighted by molar-refractivity contribution is 0.420. The Morgan fingerprint density at radius 3 is 2.95 bits per heavy atom. The van der Waals surface area contributed by atoms with Crippen molar-refractivity contribution in [2.75, 3.05) is 6.54 Å². The van der Waals surface area contributed by atoms with E-state index in [4.69, 9.17) is 4.42 Å². The van der Waals surface area contributed by atoms with E-state index in [1.165, 1.54) is 0 Å². The summed E-state index contributed by atoms with van der Waals surface area (Å²) in [5, 5.41) is 11.2. The standard InChI is InChI=1S/C14H18N6O/c1-19-9-6-16-14(19)13(12-4-2-11-21-12)15-5-3-8-20-10-7-17-18-20/h2,4,6-7,9-11,13,15H,3,5,8H2,1H3. The van der Waals surface area contributed by atoms with Gasteiger partial charge in [-0.05, 0) is 25.1 Å². The van der Waals surface area contributed by atoms with Crippen LogP contribution in [0.2, 0.25) is 0 Å². The van der Waals surface area contributed by atoms with Gasteiger partial charge in [0.1, 0.15) is 17.6 Å². The SMILES string of the molecule is Cn1ccnc1C(NCCCn1ccnn1)c1ccco1. The molecule has 3 rings (SSSR count). The number of imidazole rings is 1. The van der Waals surface area contributed by atoms with Crippen molar-refractivity contribution in [2.45, 2.75) is 19.0 Å². The van der Waals surface area contributed by atoms with Crippen LogP contribution in [0.3, 0.4) is 0 Å². The maximum absolute atomic E-state index is 5.53. The summed E-state index contributed by atoms with van der Waals surface area (Å²) in [6.45, 7) is 1.66. The summed E-state index contributed by atoms with van der Waals surface area (Å²) in [7, 11) is 1.98. The number of aryl methyl sites for hydroxylation is 2. The summed E-state index contributed by atoms with van der Waals surface area (Å²) in [6, 6.07) is 3.81. The van der Waals surface area contributed by atoms with Crippen molar-refractivity contribution in [3.63, 3.8) is 0 Å². The Kier molecular flexibility index (Phi) is 4.11. The van der Waals surface area contributed by atoms with Gasteiger partial charge in [-0.15, -0.1) is 5.10 Å². The first-order valence-corrected chi connectivity index (χ1v) is 6.92. The van der Waals surface area contributed by atoms with Crippen LogP contribution < -0.4 is 5.32 Å². The highest BCUT2D eigenvalue weighted by molar-refractivity contribution is 5.15. The normalized spacial score (nSPS) is 12.6. The predicted octanol–water partition coefficient (Wildman–Crippen LogP) is 1.37. The molecule has 3 heterocycles. The summed E-state index contributed by atoms with van der Waals surface area (Å²) in [4.78, 5) is 4.41. The van der Waals surface area contributed by atoms with Gasteiger partial charge in [0.2, 0.25) is 0 Å². The number of rotatable bonds is 7. The third kappa shape index (κ3) is 3.19. The summed E-state index contributed by atoms with van der Waals surface area (Å²) in [5.41, 5.74) is 0. The molecule has 7 nitrogen and oxygen atoms in total. The van der Waals surface area contributed by atoms with Gasteiger partial charge < -0.3 is 14.3 Å². The summed E-state index contributed by atoms with van der Waals surface area (Å²) in [5.74, 6) is 1.80. The third-order valence-electron chi connectivity index (χ3n) is 3.33. The Morgan fingerprint density at radius 1 is 1.33 bits per heavy atom. The fourth-order valence-corrected chi connectivity index (χ4v) is 2.27. The largest absolute Gasteiger partial charge is 0.467 e. The van der Waals surface area contributed by atoms with Crippen molar-refractivity contribution in [1.29, 1.82) is 0 Å². The van der Waals surface area contributed by atoms with Crippen molar-refractivity contribution in [3.05, 3.63) is 54.8 Å². The van der Waals surface area contributed by atoms with Crippen molar-refractivity contribution in [2.24, 2.45) is 7.05 Å². The fourth-order valence-electron chi connectivity index (χ4n) is 2.27. The summed E-state index contributed by atoms with van der Waals surface area (Å²) in [6.07, 6.45) is 9.91. The van der Waals surface area contributed by atoms with E-state index >= 15 is 0 Å². The fraction of sp³-hybridized carbons (Fsp3) is 0.357. The zero-order chi connectivity index (χ0) is 14.5. The van der Waals surface area contributed by atoms with Crippen LogP contribution in [0.4, 0.5) is 0 Å². The molecule has 21 heavy (non-hydrogen) atoms. The third-order valence-corrected chi connectivity index (χ3v) is 3.33. The average Bonchev–Trinajstić information content (AvgIpc) is 3.21. The summed E-state index contributed by atoms with van der Waals surface area (Å²) < 4.78 is 9.36. The van der Waals surface area contributed by atoms with Gasteiger partial charge in [-0.25, -0.2) is 4.98 Å². The second-order valence-electron chi connectivity index (χ2n) is 4.82. The van der Waals surface area contributed by atoms with Crippen LogP contribution in [0.15, 0.2) is 47.6 Å². The van der Waals surface area contributed by atoms with Crippen molar-refractivity contribution < 1.29 is 4.42 Å². The van der Waals surface area contributed by atoms with Gasteiger partial charge in [0.25, 0.3) is 0 Å². The number of aromatic nitrogens is 5. The number of nitrogens with zero attached hydrogens (tertiary/aromatic N) is 5. The van der Waals surface area contributed by atoms with Crippen LogP contribution in [0.5, 0.6) is 0 Å². The molecule has 0 saturated heterocycles. The van der Waals surface area contributed by atoms with E-state index in [9.17, 15) is 0 Å². The Balaban J connectivity index is 1.62. The molecule has 0 aliphatic heterocycles. The van der Waals surface area contributed by atoms with Gasteiger partial charge in [-0.2, -0.15) is 0 Å². The van der Waals surface area contributed by atoms with Gasteiger partial charge in [0.05, 0.1) is 12.5 Å². The van der Waals surface area contributed by atoms with Crippen molar-refractivity contribution >= 4 is 0 Å². The topological polar surface area (TPSA) is 73.7 Å². The predicted molar refractivity (Wildman–Crippen MR) is 76.4 cm³/mol. The Hall–Kier alpha value is -2.41. The van der Waals surface area contributed by atoms with Crippen LogP contribution in [-0.4, -0.2) is 31.1 Å². The molecule has 7 heteroatoms. The van der Waals surface area contributed by atoms with Gasteiger partial charge in [0, 0.05) is 32.2 Å². The van der Waals surface area contributed by atoms with E-state index in [1.54, 1.807) is 18.7 Å². The van der Waals surface area contributed by atoms with E-state index in [2.05, 4.69) is 20.6 Å². The quantitative estimate of drug-likeness (QED) is 0.664. The first kappa shape index (κ1) is 13.6. The van der Waals surface area contributed by atoms with Gasteiger partial charge in [-0.3, -0.25) is 4.68 Å². The van der Waals surface area contributed by atoms with Gasteiger partial charge in [-0.1, -0.05) is 5.21 Å². The molecule has 0 fully saturated rings. The summed E-state index contributed by atoms with van der Waals surface area (Å²) >= 11 is 0. The molecule has 0 aromatic carbocycles. The molecule has 0 saturated carbocycles. The first-order valence-electron chi connectivity index (χ1n) is 6.92. The molecule has 0 amide bonds. The minimum absolute atomic E-state index is 0.0456. The smallest absolute Gasteiger partial charge is 0.133 e. The molecule has 1 N–H and O–H groups in total. The number of furan rings is 1. The number of hydrogen-bond donors (Lipinski definition) is 1. The lowest BCUT2D eigenvalue weighted by Gasteiger charge is -2.16. The monoisotopic (exact) mass is 286 g/mol. The van der Waals surface area contributed by atoms with Crippen molar-refractivity contribution in [1.82, 2.24) is 29.9 Å². The van der Waals surface area contributed by atoms with Crippen LogP contribution in [0.25, 0.3) is 0 Å². The Labute approximate surface area is 122 Å². The number of nitrogens with one attached hydrogen (secondary N) is 1. The van der Waals surface area contributed by atoms with Crippen LogP contribution >= 0.6 is 0 Å². The Bertz CT molecular complexity index is 643. The van der Waals surface area contributed by atoms with E-state index in [1.807, 2.05) is 40.8 Å². The Morgan fingerprint density at radius 2 is 2.29 bits per heavy atom. The van der Waals surface area contributed by atoms with Gasteiger partial charge >= 0.3 is 0 Å². The zero-order valence-corrected chi connectivity index (χ0v) is 11.9. The lowest BCUT2D eigenvalue weighted by Crippen LogP contribution is -2.26. The first-order chi connectivity index (χ1) is 10.3. The molecule has 3 aromatic heterocycles. The van der Waals surface area contributed by atoms with E-state index < -0.39 is 0 Å². The van der Waals surface area contributed by atoms with E-state index in [0.717, 1.165) is 31.1 Å². The molecule has 0 radical (unpaired) electrons. The minimum Gasteiger partial charge on any atom is -0.467 e. The minimum atomic E-state index is -0.0456. The molecule has 0 aliphatic carbocycles. The van der Waals surface area contributed by atoms with Crippen LogP contribution in [-0.2, 0) is 13.6 Å². The average molecular weight is 286 g/mol. The highest BCUT2D eigenvalue weighted by Crippen LogP contribution is 2.20. The zero-order valence-electron chi connectivity index (χ0n) is 11.9. The molecule has 1 atom stereocenters. The van der Waals surface area contributed by atoms with Gasteiger partial charge in [0.15, 0.2) is 0 Å². The maximum Gasteiger partial charge on any atom is 0.133 e. The molecular formula is C14H18N6O. The van der Waals surface area contributed by atoms with Crippen LogP contribution in [0, 0.1) is 0 Å². The molecule has 110 valence electrons. The maximum atomic E-state index is 5.53. The lowest BCUT2D eigenvalue weighted by atomic mass is 10.2. The second kappa shape index (κ2) is 6.36.